The molecule has 4 nitrogen and oxygen atoms in total. The van der Waals surface area contributed by atoms with Crippen LogP contribution in [-0.4, -0.2) is 22.5 Å². The van der Waals surface area contributed by atoms with E-state index in [9.17, 15) is 0 Å². The normalized spacial score (nSPS) is 18.0. The summed E-state index contributed by atoms with van der Waals surface area (Å²) in [5, 5.41) is 3.37. The topological polar surface area (TPSA) is 55.4 Å². The van der Waals surface area contributed by atoms with E-state index in [1.807, 2.05) is 22.7 Å². The van der Waals surface area contributed by atoms with E-state index in [1.165, 1.54) is 18.5 Å². The molecule has 3 N–H and O–H groups in total. The van der Waals surface area contributed by atoms with Crippen molar-refractivity contribution in [2.75, 3.05) is 18.8 Å². The summed E-state index contributed by atoms with van der Waals surface area (Å²) in [6.07, 6.45) is 6.46. The molecule has 3 rings (SSSR count). The summed E-state index contributed by atoms with van der Waals surface area (Å²) >= 11 is 0. The second-order valence-electron chi connectivity index (χ2n) is 4.42. The third kappa shape index (κ3) is 1.65. The van der Waals surface area contributed by atoms with Crippen molar-refractivity contribution in [2.24, 2.45) is 0 Å². The monoisotopic (exact) mass is 216 g/mol. The van der Waals surface area contributed by atoms with Crippen molar-refractivity contribution in [1.82, 2.24) is 14.7 Å². The molecular formula is C12H16N4. The van der Waals surface area contributed by atoms with Gasteiger partial charge in [0.2, 0.25) is 0 Å². The average molecular weight is 216 g/mol. The minimum Gasteiger partial charge on any atom is -0.399 e. The molecule has 3 heterocycles. The Hall–Kier alpha value is -1.55. The first-order valence-corrected chi connectivity index (χ1v) is 5.78. The van der Waals surface area contributed by atoms with Crippen LogP contribution in [-0.2, 0) is 0 Å². The lowest BCUT2D eigenvalue weighted by Gasteiger charge is -2.20. The van der Waals surface area contributed by atoms with E-state index < -0.39 is 0 Å². The van der Waals surface area contributed by atoms with Gasteiger partial charge in [0.1, 0.15) is 5.65 Å². The van der Waals surface area contributed by atoms with Gasteiger partial charge in [-0.05, 0) is 32.0 Å². The first kappa shape index (κ1) is 9.66. The largest absolute Gasteiger partial charge is 0.399 e. The van der Waals surface area contributed by atoms with E-state index >= 15 is 0 Å². The Bertz CT molecular complexity index is 497. The smallest absolute Gasteiger partial charge is 0.139 e. The summed E-state index contributed by atoms with van der Waals surface area (Å²) in [6.45, 7) is 2.20. The van der Waals surface area contributed by atoms with E-state index in [4.69, 9.17) is 5.73 Å². The SMILES string of the molecule is Nc1ccn2cc(C3CCNCC3)nc2c1. The molecule has 0 bridgehead atoms. The maximum absolute atomic E-state index is 5.75. The molecule has 1 aliphatic heterocycles. The van der Waals surface area contributed by atoms with Gasteiger partial charge < -0.3 is 15.5 Å². The zero-order chi connectivity index (χ0) is 11.0. The number of piperidine rings is 1. The van der Waals surface area contributed by atoms with Gasteiger partial charge in [-0.1, -0.05) is 0 Å². The molecule has 1 aliphatic rings. The number of anilines is 1. The molecule has 0 atom stereocenters. The molecule has 2 aromatic rings. The lowest BCUT2D eigenvalue weighted by atomic mass is 9.95. The molecule has 0 spiro atoms. The predicted molar refractivity (Wildman–Crippen MR) is 64.4 cm³/mol. The van der Waals surface area contributed by atoms with Crippen molar-refractivity contribution >= 4 is 11.3 Å². The van der Waals surface area contributed by atoms with E-state index in [0.29, 0.717) is 5.92 Å². The van der Waals surface area contributed by atoms with Crippen molar-refractivity contribution in [3.63, 3.8) is 0 Å². The van der Waals surface area contributed by atoms with E-state index in [1.54, 1.807) is 0 Å². The van der Waals surface area contributed by atoms with Gasteiger partial charge in [0.15, 0.2) is 0 Å². The van der Waals surface area contributed by atoms with Crippen LogP contribution in [0.15, 0.2) is 24.5 Å². The van der Waals surface area contributed by atoms with Crippen LogP contribution in [0.25, 0.3) is 5.65 Å². The van der Waals surface area contributed by atoms with Crippen LogP contribution in [0.5, 0.6) is 0 Å². The fourth-order valence-electron chi connectivity index (χ4n) is 2.33. The maximum Gasteiger partial charge on any atom is 0.139 e. The van der Waals surface area contributed by atoms with Gasteiger partial charge in [0.05, 0.1) is 5.69 Å². The van der Waals surface area contributed by atoms with Gasteiger partial charge in [0.25, 0.3) is 0 Å². The number of nitrogens with two attached hydrogens (primary N) is 1. The van der Waals surface area contributed by atoms with E-state index in [0.717, 1.165) is 24.4 Å². The number of rotatable bonds is 1. The van der Waals surface area contributed by atoms with Crippen molar-refractivity contribution < 1.29 is 0 Å². The number of hydrogen-bond acceptors (Lipinski definition) is 3. The fraction of sp³-hybridized carbons (Fsp3) is 0.417. The van der Waals surface area contributed by atoms with Gasteiger partial charge in [-0.3, -0.25) is 0 Å². The second kappa shape index (κ2) is 3.79. The second-order valence-corrected chi connectivity index (χ2v) is 4.42. The molecule has 0 unspecified atom stereocenters. The zero-order valence-corrected chi connectivity index (χ0v) is 9.19. The first-order chi connectivity index (χ1) is 7.83. The molecule has 16 heavy (non-hydrogen) atoms. The molecule has 0 amide bonds. The number of nitrogens with zero attached hydrogens (tertiary/aromatic N) is 2. The Balaban J connectivity index is 1.97. The quantitative estimate of drug-likeness (QED) is 0.757. The zero-order valence-electron chi connectivity index (χ0n) is 9.19. The van der Waals surface area contributed by atoms with Crippen LogP contribution in [0.1, 0.15) is 24.5 Å². The van der Waals surface area contributed by atoms with Crippen LogP contribution in [0, 0.1) is 0 Å². The Morgan fingerprint density at radius 2 is 2.19 bits per heavy atom. The summed E-state index contributed by atoms with van der Waals surface area (Å²) in [5.74, 6) is 0.599. The van der Waals surface area contributed by atoms with Crippen molar-refractivity contribution in [3.05, 3.63) is 30.2 Å². The van der Waals surface area contributed by atoms with Crippen LogP contribution in [0.2, 0.25) is 0 Å². The average Bonchev–Trinajstić information content (AvgIpc) is 2.73. The number of nitrogens with one attached hydrogen (secondary N) is 1. The lowest BCUT2D eigenvalue weighted by molar-refractivity contribution is 0.454. The van der Waals surface area contributed by atoms with Crippen LogP contribution < -0.4 is 11.1 Å². The Morgan fingerprint density at radius 1 is 1.38 bits per heavy atom. The van der Waals surface area contributed by atoms with Gasteiger partial charge in [-0.15, -0.1) is 0 Å². The molecule has 1 fully saturated rings. The minimum absolute atomic E-state index is 0.599. The third-order valence-corrected chi connectivity index (χ3v) is 3.26. The molecule has 2 aromatic heterocycles. The van der Waals surface area contributed by atoms with Crippen LogP contribution in [0.3, 0.4) is 0 Å². The summed E-state index contributed by atoms with van der Waals surface area (Å²) in [4.78, 5) is 4.65. The summed E-state index contributed by atoms with van der Waals surface area (Å²) in [5.41, 5.74) is 8.67. The van der Waals surface area contributed by atoms with Crippen molar-refractivity contribution in [2.45, 2.75) is 18.8 Å². The maximum atomic E-state index is 5.75. The molecule has 84 valence electrons. The highest BCUT2D eigenvalue weighted by atomic mass is 15.0. The number of aromatic nitrogens is 2. The highest BCUT2D eigenvalue weighted by Crippen LogP contribution is 2.24. The summed E-state index contributed by atoms with van der Waals surface area (Å²) in [7, 11) is 0. The molecule has 4 heteroatoms. The Labute approximate surface area is 94.5 Å². The Kier molecular flexibility index (Phi) is 2.29. The summed E-state index contributed by atoms with van der Waals surface area (Å²) < 4.78 is 2.05. The number of pyridine rings is 1. The van der Waals surface area contributed by atoms with E-state index in [2.05, 4.69) is 16.5 Å². The van der Waals surface area contributed by atoms with Gasteiger partial charge in [-0.25, -0.2) is 4.98 Å². The molecular weight excluding hydrogens is 200 g/mol. The highest BCUT2D eigenvalue weighted by Gasteiger charge is 2.17. The van der Waals surface area contributed by atoms with Gasteiger partial charge >= 0.3 is 0 Å². The van der Waals surface area contributed by atoms with Gasteiger partial charge in [-0.2, -0.15) is 0 Å². The van der Waals surface area contributed by atoms with Crippen LogP contribution >= 0.6 is 0 Å². The lowest BCUT2D eigenvalue weighted by Crippen LogP contribution is -2.26. The molecule has 0 aliphatic carbocycles. The third-order valence-electron chi connectivity index (χ3n) is 3.26. The fourth-order valence-corrected chi connectivity index (χ4v) is 2.33. The number of imidazole rings is 1. The van der Waals surface area contributed by atoms with Crippen molar-refractivity contribution in [1.29, 1.82) is 0 Å². The first-order valence-electron chi connectivity index (χ1n) is 5.78. The number of fused-ring (bicyclic) bond motifs is 1. The molecule has 0 aromatic carbocycles. The van der Waals surface area contributed by atoms with Crippen molar-refractivity contribution in [3.8, 4) is 0 Å². The molecule has 0 saturated carbocycles. The van der Waals surface area contributed by atoms with E-state index in [-0.39, 0.29) is 0 Å². The number of hydrogen-bond donors (Lipinski definition) is 2. The Morgan fingerprint density at radius 3 is 3.00 bits per heavy atom. The summed E-state index contributed by atoms with van der Waals surface area (Å²) in [6, 6.07) is 3.82. The van der Waals surface area contributed by atoms with Gasteiger partial charge in [0, 0.05) is 30.1 Å². The standard InChI is InChI=1S/C12H16N4/c13-10-3-6-16-8-11(15-12(16)7-10)9-1-4-14-5-2-9/h3,6-9,14H,1-2,4-5,13H2. The highest BCUT2D eigenvalue weighted by molar-refractivity contribution is 5.52. The minimum atomic E-state index is 0.599. The predicted octanol–water partition coefficient (Wildman–Crippen LogP) is 1.38. The number of nitrogen functional groups attached to an aromatic ring is 1. The molecule has 0 radical (unpaired) electrons. The molecule has 1 saturated heterocycles. The van der Waals surface area contributed by atoms with Crippen LogP contribution in [0.4, 0.5) is 5.69 Å².